The van der Waals surface area contributed by atoms with E-state index in [4.69, 9.17) is 9.47 Å². The lowest BCUT2D eigenvalue weighted by Gasteiger charge is -2.12. The van der Waals surface area contributed by atoms with Gasteiger partial charge in [0.1, 0.15) is 11.5 Å². The molecule has 1 fully saturated rings. The van der Waals surface area contributed by atoms with Crippen LogP contribution in [0.4, 0.5) is 0 Å². The lowest BCUT2D eigenvalue weighted by Crippen LogP contribution is -2.38. The zero-order valence-electron chi connectivity index (χ0n) is 18.7. The summed E-state index contributed by atoms with van der Waals surface area (Å²) in [6.45, 7) is 4.27. The average molecular weight is 552 g/mol. The molecular formula is C24H33IN4O3. The standard InChI is InChI=1S/C24H32N4O3.HI/c1-3-25-24(27-16-19-6-10-21(30-2)11-7-19)26-15-14-18-4-12-22(13-5-18)31-17-23(29)28-20-8-9-20;/h4-7,10-13,20H,3,8-9,14-17H2,1-2H3,(H,28,29)(H2,25,26,27);1H. The average Bonchev–Trinajstić information content (AvgIpc) is 3.61. The van der Waals surface area contributed by atoms with Gasteiger partial charge in [0.05, 0.1) is 13.7 Å². The molecule has 1 saturated carbocycles. The Morgan fingerprint density at radius 2 is 1.66 bits per heavy atom. The van der Waals surface area contributed by atoms with Gasteiger partial charge in [0.15, 0.2) is 12.6 Å². The van der Waals surface area contributed by atoms with Crippen molar-refractivity contribution in [3.63, 3.8) is 0 Å². The van der Waals surface area contributed by atoms with E-state index in [1.165, 1.54) is 5.56 Å². The molecule has 0 saturated heterocycles. The third-order valence-electron chi connectivity index (χ3n) is 4.86. The smallest absolute Gasteiger partial charge is 0.258 e. The van der Waals surface area contributed by atoms with Crippen molar-refractivity contribution in [1.29, 1.82) is 0 Å². The van der Waals surface area contributed by atoms with Crippen LogP contribution in [0.25, 0.3) is 0 Å². The summed E-state index contributed by atoms with van der Waals surface area (Å²) < 4.78 is 10.7. The number of hydrogen-bond acceptors (Lipinski definition) is 4. The molecule has 2 aromatic carbocycles. The maximum absolute atomic E-state index is 11.7. The van der Waals surface area contributed by atoms with Crippen LogP contribution in [0.15, 0.2) is 53.5 Å². The molecule has 32 heavy (non-hydrogen) atoms. The summed E-state index contributed by atoms with van der Waals surface area (Å²) >= 11 is 0. The van der Waals surface area contributed by atoms with Crippen LogP contribution >= 0.6 is 24.0 Å². The molecule has 8 heteroatoms. The van der Waals surface area contributed by atoms with Gasteiger partial charge in [0, 0.05) is 19.1 Å². The van der Waals surface area contributed by atoms with Gasteiger partial charge in [-0.05, 0) is 61.6 Å². The van der Waals surface area contributed by atoms with Gasteiger partial charge in [0.25, 0.3) is 5.91 Å². The Balaban J connectivity index is 0.00000363. The van der Waals surface area contributed by atoms with Crippen LogP contribution in [0.5, 0.6) is 11.5 Å². The minimum atomic E-state index is -0.0549. The monoisotopic (exact) mass is 552 g/mol. The zero-order valence-corrected chi connectivity index (χ0v) is 21.1. The van der Waals surface area contributed by atoms with E-state index >= 15 is 0 Å². The Morgan fingerprint density at radius 3 is 2.28 bits per heavy atom. The second-order valence-electron chi connectivity index (χ2n) is 7.49. The first kappa shape index (κ1) is 25.8. The van der Waals surface area contributed by atoms with Crippen molar-refractivity contribution in [1.82, 2.24) is 16.0 Å². The Morgan fingerprint density at radius 1 is 1.00 bits per heavy atom. The third kappa shape index (κ3) is 9.33. The Hall–Kier alpha value is -2.49. The maximum Gasteiger partial charge on any atom is 0.258 e. The Labute approximate surface area is 207 Å². The second kappa shape index (κ2) is 13.8. The van der Waals surface area contributed by atoms with Crippen molar-refractivity contribution < 1.29 is 14.3 Å². The first-order valence-corrected chi connectivity index (χ1v) is 10.8. The summed E-state index contributed by atoms with van der Waals surface area (Å²) in [7, 11) is 1.66. The highest BCUT2D eigenvalue weighted by Crippen LogP contribution is 2.18. The number of hydrogen-bond donors (Lipinski definition) is 3. The molecule has 0 bridgehead atoms. The fourth-order valence-electron chi connectivity index (χ4n) is 2.97. The van der Waals surface area contributed by atoms with Crippen LogP contribution in [0, 0.1) is 0 Å². The van der Waals surface area contributed by atoms with Crippen LogP contribution in [0.1, 0.15) is 30.9 Å². The first-order valence-electron chi connectivity index (χ1n) is 10.8. The molecule has 3 rings (SSSR count). The molecule has 174 valence electrons. The molecule has 0 radical (unpaired) electrons. The van der Waals surface area contributed by atoms with E-state index in [1.807, 2.05) is 55.5 Å². The third-order valence-corrected chi connectivity index (χ3v) is 4.86. The quantitative estimate of drug-likeness (QED) is 0.227. The maximum atomic E-state index is 11.7. The fourth-order valence-corrected chi connectivity index (χ4v) is 2.97. The molecule has 0 heterocycles. The molecular weight excluding hydrogens is 519 g/mol. The van der Waals surface area contributed by atoms with Crippen molar-refractivity contribution in [2.45, 2.75) is 38.8 Å². The van der Waals surface area contributed by atoms with E-state index in [1.54, 1.807) is 7.11 Å². The number of amides is 1. The highest BCUT2D eigenvalue weighted by atomic mass is 127. The molecule has 0 unspecified atom stereocenters. The fraction of sp³-hybridized carbons (Fsp3) is 0.417. The first-order chi connectivity index (χ1) is 15.2. The minimum Gasteiger partial charge on any atom is -0.497 e. The number of rotatable bonds is 11. The molecule has 1 amide bonds. The summed E-state index contributed by atoms with van der Waals surface area (Å²) in [5.41, 5.74) is 2.31. The SMILES string of the molecule is CCNC(=NCc1ccc(OC)cc1)NCCc1ccc(OCC(=O)NC2CC2)cc1.I. The molecule has 0 spiro atoms. The summed E-state index contributed by atoms with van der Waals surface area (Å²) in [4.78, 5) is 16.3. The molecule has 0 aliphatic heterocycles. The molecule has 1 aliphatic carbocycles. The van der Waals surface area contributed by atoms with Crippen LogP contribution in [0.2, 0.25) is 0 Å². The Bertz CT molecular complexity index is 853. The van der Waals surface area contributed by atoms with Gasteiger partial charge < -0.3 is 25.4 Å². The summed E-state index contributed by atoms with van der Waals surface area (Å²) in [5.74, 6) is 2.29. The topological polar surface area (TPSA) is 84.0 Å². The number of ether oxygens (including phenoxy) is 2. The van der Waals surface area contributed by atoms with Gasteiger partial charge in [-0.15, -0.1) is 24.0 Å². The highest BCUT2D eigenvalue weighted by Gasteiger charge is 2.23. The van der Waals surface area contributed by atoms with Gasteiger partial charge in [0.2, 0.25) is 0 Å². The van der Waals surface area contributed by atoms with Crippen molar-refractivity contribution in [2.24, 2.45) is 4.99 Å². The normalized spacial score (nSPS) is 13.0. The van der Waals surface area contributed by atoms with Gasteiger partial charge >= 0.3 is 0 Å². The van der Waals surface area contributed by atoms with Gasteiger partial charge in [-0.3, -0.25) is 4.79 Å². The number of nitrogens with one attached hydrogen (secondary N) is 3. The number of aliphatic imine (C=N–C) groups is 1. The number of halogens is 1. The van der Waals surface area contributed by atoms with Crippen LogP contribution in [-0.2, 0) is 17.8 Å². The second-order valence-corrected chi connectivity index (χ2v) is 7.49. The van der Waals surface area contributed by atoms with Crippen molar-refractivity contribution in [3.05, 3.63) is 59.7 Å². The van der Waals surface area contributed by atoms with Gasteiger partial charge in [-0.2, -0.15) is 0 Å². The van der Waals surface area contributed by atoms with Crippen LogP contribution < -0.4 is 25.4 Å². The van der Waals surface area contributed by atoms with Crippen molar-refractivity contribution >= 4 is 35.8 Å². The molecule has 0 aromatic heterocycles. The predicted octanol–water partition coefficient (Wildman–Crippen LogP) is 3.27. The van der Waals surface area contributed by atoms with E-state index in [0.717, 1.165) is 49.6 Å². The zero-order chi connectivity index (χ0) is 21.9. The number of nitrogens with zero attached hydrogens (tertiary/aromatic N) is 1. The largest absolute Gasteiger partial charge is 0.497 e. The predicted molar refractivity (Wildman–Crippen MR) is 138 cm³/mol. The lowest BCUT2D eigenvalue weighted by molar-refractivity contribution is -0.123. The lowest BCUT2D eigenvalue weighted by atomic mass is 10.1. The van der Waals surface area contributed by atoms with Crippen LogP contribution in [-0.4, -0.2) is 44.7 Å². The number of carbonyl (C=O) groups excluding carboxylic acids is 1. The van der Waals surface area contributed by atoms with Crippen LogP contribution in [0.3, 0.4) is 0 Å². The molecule has 2 aromatic rings. The molecule has 0 atom stereocenters. The van der Waals surface area contributed by atoms with Gasteiger partial charge in [-0.25, -0.2) is 4.99 Å². The number of benzene rings is 2. The summed E-state index contributed by atoms with van der Waals surface area (Å²) in [6, 6.07) is 16.1. The van der Waals surface area contributed by atoms with Gasteiger partial charge in [-0.1, -0.05) is 24.3 Å². The Kier molecular flexibility index (Phi) is 11.1. The van der Waals surface area contributed by atoms with E-state index in [-0.39, 0.29) is 36.5 Å². The van der Waals surface area contributed by atoms with E-state index in [2.05, 4.69) is 20.9 Å². The van der Waals surface area contributed by atoms with Crippen molar-refractivity contribution in [2.75, 3.05) is 26.8 Å². The minimum absolute atomic E-state index is 0. The number of methoxy groups -OCH3 is 1. The number of carbonyl (C=O) groups is 1. The van der Waals surface area contributed by atoms with E-state index < -0.39 is 0 Å². The molecule has 7 nitrogen and oxygen atoms in total. The van der Waals surface area contributed by atoms with E-state index in [9.17, 15) is 4.79 Å². The molecule has 3 N–H and O–H groups in total. The summed E-state index contributed by atoms with van der Waals surface area (Å²) in [6.07, 6.45) is 3.02. The van der Waals surface area contributed by atoms with Crippen molar-refractivity contribution in [3.8, 4) is 11.5 Å². The number of guanidine groups is 1. The van der Waals surface area contributed by atoms with E-state index in [0.29, 0.717) is 18.3 Å². The summed E-state index contributed by atoms with van der Waals surface area (Å²) in [5, 5.41) is 9.56. The molecule has 1 aliphatic rings. The highest BCUT2D eigenvalue weighted by molar-refractivity contribution is 14.0.